The second kappa shape index (κ2) is 8.16. The van der Waals surface area contributed by atoms with Crippen molar-refractivity contribution in [3.8, 4) is 16.9 Å². The Labute approximate surface area is 190 Å². The maximum atomic E-state index is 5.29. The van der Waals surface area contributed by atoms with Gasteiger partial charge in [-0.15, -0.1) is 0 Å². The first-order chi connectivity index (χ1) is 15.1. The van der Waals surface area contributed by atoms with Crippen LogP contribution in [0.15, 0.2) is 82.4 Å². The molecule has 5 rings (SSSR count). The number of pyridine rings is 1. The van der Waals surface area contributed by atoms with Crippen molar-refractivity contribution in [3.63, 3.8) is 0 Å². The van der Waals surface area contributed by atoms with Crippen LogP contribution in [0.3, 0.4) is 0 Å². The SMILES string of the molecule is COc1ccc(C2CC(c3c(C)nc4ccc(Br)cc4c3-c3ccccc3)=NN2)cc1. The first-order valence-corrected chi connectivity index (χ1v) is 11.0. The predicted octanol–water partition coefficient (Wildman–Crippen LogP) is 6.42. The zero-order valence-corrected chi connectivity index (χ0v) is 19.0. The number of methoxy groups -OCH3 is 1. The molecule has 0 saturated carbocycles. The van der Waals surface area contributed by atoms with Crippen molar-refractivity contribution in [2.45, 2.75) is 19.4 Å². The summed E-state index contributed by atoms with van der Waals surface area (Å²) in [6.45, 7) is 2.08. The van der Waals surface area contributed by atoms with Crippen LogP contribution in [-0.4, -0.2) is 17.8 Å². The maximum absolute atomic E-state index is 5.29. The van der Waals surface area contributed by atoms with Crippen molar-refractivity contribution in [2.75, 3.05) is 7.11 Å². The van der Waals surface area contributed by atoms with E-state index in [1.165, 1.54) is 16.7 Å². The largest absolute Gasteiger partial charge is 0.497 e. The Kier molecular flexibility index (Phi) is 5.20. The highest BCUT2D eigenvalue weighted by atomic mass is 79.9. The normalized spacial score (nSPS) is 15.6. The summed E-state index contributed by atoms with van der Waals surface area (Å²) in [5.74, 6) is 0.856. The summed E-state index contributed by atoms with van der Waals surface area (Å²) in [6, 6.07) is 25.1. The third-order valence-electron chi connectivity index (χ3n) is 5.75. The van der Waals surface area contributed by atoms with Crippen molar-refractivity contribution in [3.05, 3.63) is 94.1 Å². The molecule has 1 aliphatic rings. The summed E-state index contributed by atoms with van der Waals surface area (Å²) in [6.07, 6.45) is 0.800. The van der Waals surface area contributed by atoms with Crippen LogP contribution in [0, 0.1) is 6.92 Å². The van der Waals surface area contributed by atoms with E-state index in [0.29, 0.717) is 0 Å². The fourth-order valence-corrected chi connectivity index (χ4v) is 4.60. The summed E-state index contributed by atoms with van der Waals surface area (Å²) < 4.78 is 6.33. The number of benzene rings is 3. The fraction of sp³-hybridized carbons (Fsp3) is 0.154. The standard InChI is InChI=1S/C26H22BrN3O/c1-16-25(24-15-23(29-30-24)17-8-11-20(31-2)12-9-17)26(18-6-4-3-5-7-18)21-14-19(27)10-13-22(21)28-16/h3-14,23,29H,15H2,1-2H3. The summed E-state index contributed by atoms with van der Waals surface area (Å²) >= 11 is 3.64. The van der Waals surface area contributed by atoms with E-state index in [-0.39, 0.29) is 6.04 Å². The zero-order valence-electron chi connectivity index (χ0n) is 17.4. The number of nitrogens with zero attached hydrogens (tertiary/aromatic N) is 2. The van der Waals surface area contributed by atoms with Crippen molar-refractivity contribution in [1.29, 1.82) is 0 Å². The molecule has 154 valence electrons. The average molecular weight is 472 g/mol. The second-order valence-corrected chi connectivity index (χ2v) is 8.61. The molecule has 1 unspecified atom stereocenters. The maximum Gasteiger partial charge on any atom is 0.118 e. The summed E-state index contributed by atoms with van der Waals surface area (Å²) in [7, 11) is 1.68. The van der Waals surface area contributed by atoms with Gasteiger partial charge in [-0.1, -0.05) is 58.4 Å². The van der Waals surface area contributed by atoms with Crippen LogP contribution >= 0.6 is 15.9 Å². The number of hydrogen-bond donors (Lipinski definition) is 1. The molecule has 2 heterocycles. The lowest BCUT2D eigenvalue weighted by molar-refractivity contribution is 0.414. The van der Waals surface area contributed by atoms with Crippen LogP contribution in [-0.2, 0) is 0 Å². The highest BCUT2D eigenvalue weighted by Crippen LogP contribution is 2.37. The quantitative estimate of drug-likeness (QED) is 0.373. The molecule has 1 N–H and O–H groups in total. The van der Waals surface area contributed by atoms with E-state index < -0.39 is 0 Å². The van der Waals surface area contributed by atoms with Gasteiger partial charge in [0.2, 0.25) is 0 Å². The van der Waals surface area contributed by atoms with Gasteiger partial charge in [-0.2, -0.15) is 5.10 Å². The lowest BCUT2D eigenvalue weighted by Crippen LogP contribution is -2.10. The molecule has 4 aromatic rings. The number of rotatable bonds is 4. The monoisotopic (exact) mass is 471 g/mol. The van der Waals surface area contributed by atoms with Crippen LogP contribution in [0.4, 0.5) is 0 Å². The Balaban J connectivity index is 1.62. The van der Waals surface area contributed by atoms with Gasteiger partial charge < -0.3 is 10.2 Å². The molecule has 0 aliphatic carbocycles. The molecule has 0 saturated heterocycles. The van der Waals surface area contributed by atoms with E-state index in [9.17, 15) is 0 Å². The van der Waals surface area contributed by atoms with E-state index in [0.717, 1.165) is 44.5 Å². The highest BCUT2D eigenvalue weighted by Gasteiger charge is 2.26. The first kappa shape index (κ1) is 19.8. The van der Waals surface area contributed by atoms with E-state index in [1.807, 2.05) is 24.3 Å². The number of hydrazone groups is 1. The minimum Gasteiger partial charge on any atom is -0.497 e. The molecule has 1 atom stereocenters. The van der Waals surface area contributed by atoms with Gasteiger partial charge in [-0.05, 0) is 48.4 Å². The number of aromatic nitrogens is 1. The van der Waals surface area contributed by atoms with E-state index in [2.05, 4.69) is 76.8 Å². The molecule has 1 aromatic heterocycles. The van der Waals surface area contributed by atoms with Crippen molar-refractivity contribution in [2.24, 2.45) is 5.10 Å². The first-order valence-electron chi connectivity index (χ1n) is 10.3. The molecule has 31 heavy (non-hydrogen) atoms. The number of nitrogens with one attached hydrogen (secondary N) is 1. The van der Waals surface area contributed by atoms with Crippen LogP contribution in [0.5, 0.6) is 5.75 Å². The summed E-state index contributed by atoms with van der Waals surface area (Å²) in [4.78, 5) is 4.92. The molecule has 0 amide bonds. The van der Waals surface area contributed by atoms with Crippen LogP contribution in [0.2, 0.25) is 0 Å². The Hall–Kier alpha value is -3.18. The molecule has 3 aromatic carbocycles. The topological polar surface area (TPSA) is 46.5 Å². The smallest absolute Gasteiger partial charge is 0.118 e. The van der Waals surface area contributed by atoms with E-state index in [1.54, 1.807) is 7.11 Å². The van der Waals surface area contributed by atoms with Crippen LogP contribution in [0.1, 0.15) is 29.3 Å². The van der Waals surface area contributed by atoms with Gasteiger partial charge in [0.05, 0.1) is 24.4 Å². The third-order valence-corrected chi connectivity index (χ3v) is 6.24. The lowest BCUT2D eigenvalue weighted by Gasteiger charge is -2.16. The van der Waals surface area contributed by atoms with Crippen LogP contribution in [0.25, 0.3) is 22.0 Å². The average Bonchev–Trinajstić information content (AvgIpc) is 3.29. The third kappa shape index (κ3) is 3.70. The Morgan fingerprint density at radius 2 is 1.74 bits per heavy atom. The van der Waals surface area contributed by atoms with Gasteiger partial charge in [-0.3, -0.25) is 4.98 Å². The molecular formula is C26H22BrN3O. The van der Waals surface area contributed by atoms with Gasteiger partial charge in [0.15, 0.2) is 0 Å². The molecule has 0 fully saturated rings. The summed E-state index contributed by atoms with van der Waals surface area (Å²) in [5.41, 5.74) is 11.0. The Bertz CT molecular complexity index is 1280. The molecule has 5 heteroatoms. The Morgan fingerprint density at radius 1 is 0.968 bits per heavy atom. The number of halogens is 1. The number of ether oxygens (including phenoxy) is 1. The van der Waals surface area contributed by atoms with Crippen LogP contribution < -0.4 is 10.2 Å². The number of fused-ring (bicyclic) bond motifs is 1. The van der Waals surface area contributed by atoms with Gasteiger partial charge in [0.25, 0.3) is 0 Å². The molecular weight excluding hydrogens is 450 g/mol. The van der Waals surface area contributed by atoms with Gasteiger partial charge in [0.1, 0.15) is 5.75 Å². The van der Waals surface area contributed by atoms with E-state index >= 15 is 0 Å². The van der Waals surface area contributed by atoms with Gasteiger partial charge in [0, 0.05) is 33.1 Å². The van der Waals surface area contributed by atoms with Crippen molar-refractivity contribution in [1.82, 2.24) is 10.4 Å². The van der Waals surface area contributed by atoms with Gasteiger partial charge >= 0.3 is 0 Å². The van der Waals surface area contributed by atoms with Crippen molar-refractivity contribution < 1.29 is 4.74 Å². The predicted molar refractivity (Wildman–Crippen MR) is 130 cm³/mol. The Morgan fingerprint density at radius 3 is 2.48 bits per heavy atom. The highest BCUT2D eigenvalue weighted by molar-refractivity contribution is 9.10. The lowest BCUT2D eigenvalue weighted by atomic mass is 9.89. The molecule has 0 bridgehead atoms. The number of aryl methyl sites for hydroxylation is 1. The molecule has 1 aliphatic heterocycles. The molecule has 4 nitrogen and oxygen atoms in total. The summed E-state index contributed by atoms with van der Waals surface area (Å²) in [5, 5.41) is 5.89. The molecule has 0 spiro atoms. The van der Waals surface area contributed by atoms with Gasteiger partial charge in [-0.25, -0.2) is 0 Å². The molecule has 0 radical (unpaired) electrons. The zero-order chi connectivity index (χ0) is 21.4. The second-order valence-electron chi connectivity index (χ2n) is 7.69. The fourth-order valence-electron chi connectivity index (χ4n) is 4.24. The number of hydrogen-bond acceptors (Lipinski definition) is 4. The van der Waals surface area contributed by atoms with E-state index in [4.69, 9.17) is 14.8 Å². The van der Waals surface area contributed by atoms with Crippen molar-refractivity contribution >= 4 is 32.5 Å². The minimum atomic E-state index is 0.127. The minimum absolute atomic E-state index is 0.127.